The Bertz CT molecular complexity index is 757. The molecule has 2 aromatic carbocycles. The second-order valence-corrected chi connectivity index (χ2v) is 5.48. The van der Waals surface area contributed by atoms with Crippen LogP contribution in [0.1, 0.15) is 12.0 Å². The maximum Gasteiger partial charge on any atom is 0.137 e. The highest BCUT2D eigenvalue weighted by Crippen LogP contribution is 2.30. The van der Waals surface area contributed by atoms with Gasteiger partial charge in [0.15, 0.2) is 0 Å². The Morgan fingerprint density at radius 1 is 1.04 bits per heavy atom. The molecule has 24 heavy (non-hydrogen) atoms. The number of aromatic nitrogens is 3. The Hall–Kier alpha value is -2.66. The average molecular weight is 323 g/mol. The minimum absolute atomic E-state index is 0.642. The lowest BCUT2D eigenvalue weighted by molar-refractivity contribution is 0.172. The molecule has 1 heterocycles. The zero-order valence-corrected chi connectivity index (χ0v) is 13.8. The molecule has 0 unspecified atom stereocenters. The third-order valence-electron chi connectivity index (χ3n) is 3.69. The molecular weight excluding hydrogens is 302 g/mol. The summed E-state index contributed by atoms with van der Waals surface area (Å²) in [5, 5.41) is 4.16. The molecule has 3 rings (SSSR count). The van der Waals surface area contributed by atoms with Gasteiger partial charge in [0, 0.05) is 25.7 Å². The fourth-order valence-electron chi connectivity index (χ4n) is 2.56. The Kier molecular flexibility index (Phi) is 5.58. The summed E-state index contributed by atoms with van der Waals surface area (Å²) < 4.78 is 12.8. The van der Waals surface area contributed by atoms with E-state index in [1.54, 1.807) is 19.8 Å². The summed E-state index contributed by atoms with van der Waals surface area (Å²) in [6, 6.07) is 16.5. The second kappa shape index (κ2) is 8.26. The standard InChI is InChI=1S/C19H21N3O2/c1-23-10-5-11-24-19-9-3-2-8-18(19)17-7-4-6-16(12-17)13-22-15-20-14-21-22/h2-4,6-9,12,14-15H,5,10-11,13H2,1H3. The molecule has 0 amide bonds. The Morgan fingerprint density at radius 3 is 2.79 bits per heavy atom. The van der Waals surface area contributed by atoms with E-state index in [0.29, 0.717) is 19.8 Å². The molecule has 5 heteroatoms. The summed E-state index contributed by atoms with van der Waals surface area (Å²) in [7, 11) is 1.70. The molecule has 0 saturated heterocycles. The largest absolute Gasteiger partial charge is 0.493 e. The molecule has 1 aromatic heterocycles. The summed E-state index contributed by atoms with van der Waals surface area (Å²) in [4.78, 5) is 3.98. The molecule has 0 spiro atoms. The SMILES string of the molecule is COCCCOc1ccccc1-c1cccc(Cn2cncn2)c1. The second-order valence-electron chi connectivity index (χ2n) is 5.48. The highest BCUT2D eigenvalue weighted by atomic mass is 16.5. The Balaban J connectivity index is 1.78. The van der Waals surface area contributed by atoms with Crippen LogP contribution in [0.25, 0.3) is 11.1 Å². The van der Waals surface area contributed by atoms with Gasteiger partial charge in [0.2, 0.25) is 0 Å². The van der Waals surface area contributed by atoms with Crippen molar-refractivity contribution in [3.8, 4) is 16.9 Å². The van der Waals surface area contributed by atoms with Gasteiger partial charge in [0.1, 0.15) is 18.4 Å². The summed E-state index contributed by atoms with van der Waals surface area (Å²) >= 11 is 0. The van der Waals surface area contributed by atoms with Crippen LogP contribution in [0.3, 0.4) is 0 Å². The number of methoxy groups -OCH3 is 1. The fourth-order valence-corrected chi connectivity index (χ4v) is 2.56. The van der Waals surface area contributed by atoms with E-state index in [0.717, 1.165) is 23.3 Å². The van der Waals surface area contributed by atoms with Crippen LogP contribution >= 0.6 is 0 Å². The summed E-state index contributed by atoms with van der Waals surface area (Å²) in [5.41, 5.74) is 3.40. The zero-order chi connectivity index (χ0) is 16.6. The van der Waals surface area contributed by atoms with Gasteiger partial charge < -0.3 is 9.47 Å². The van der Waals surface area contributed by atoms with Gasteiger partial charge in [-0.1, -0.05) is 36.4 Å². The van der Waals surface area contributed by atoms with Crippen LogP contribution in [0, 0.1) is 0 Å². The first-order valence-electron chi connectivity index (χ1n) is 7.99. The summed E-state index contributed by atoms with van der Waals surface area (Å²) in [6.45, 7) is 2.05. The Labute approximate surface area is 141 Å². The van der Waals surface area contributed by atoms with Crippen LogP contribution in [-0.4, -0.2) is 35.1 Å². The van der Waals surface area contributed by atoms with Crippen molar-refractivity contribution in [3.63, 3.8) is 0 Å². The molecule has 0 aliphatic rings. The van der Waals surface area contributed by atoms with Gasteiger partial charge in [0.05, 0.1) is 13.2 Å². The molecule has 0 fully saturated rings. The van der Waals surface area contributed by atoms with Crippen molar-refractivity contribution in [2.45, 2.75) is 13.0 Å². The minimum atomic E-state index is 0.642. The monoisotopic (exact) mass is 323 g/mol. The van der Waals surface area contributed by atoms with Crippen LogP contribution in [0.2, 0.25) is 0 Å². The third-order valence-corrected chi connectivity index (χ3v) is 3.69. The molecule has 3 aromatic rings. The van der Waals surface area contributed by atoms with Crippen LogP contribution in [-0.2, 0) is 11.3 Å². The first-order valence-corrected chi connectivity index (χ1v) is 7.99. The molecule has 0 aliphatic carbocycles. The Morgan fingerprint density at radius 2 is 1.96 bits per heavy atom. The van der Waals surface area contributed by atoms with Gasteiger partial charge in [-0.25, -0.2) is 9.67 Å². The van der Waals surface area contributed by atoms with Crippen LogP contribution in [0.15, 0.2) is 61.2 Å². The van der Waals surface area contributed by atoms with Crippen molar-refractivity contribution >= 4 is 0 Å². The van der Waals surface area contributed by atoms with E-state index in [4.69, 9.17) is 9.47 Å². The number of benzene rings is 2. The van der Waals surface area contributed by atoms with E-state index in [1.165, 1.54) is 5.56 Å². The maximum atomic E-state index is 5.93. The van der Waals surface area contributed by atoms with Crippen molar-refractivity contribution < 1.29 is 9.47 Å². The van der Waals surface area contributed by atoms with Gasteiger partial charge in [-0.05, 0) is 23.3 Å². The summed E-state index contributed by atoms with van der Waals surface area (Å²) in [6.07, 6.45) is 4.14. The molecule has 124 valence electrons. The highest BCUT2D eigenvalue weighted by Gasteiger charge is 2.07. The van der Waals surface area contributed by atoms with Gasteiger partial charge in [0.25, 0.3) is 0 Å². The molecule has 0 N–H and O–H groups in total. The predicted octanol–water partition coefficient (Wildman–Crippen LogP) is 3.41. The van der Waals surface area contributed by atoms with Crippen molar-refractivity contribution in [1.29, 1.82) is 0 Å². The van der Waals surface area contributed by atoms with Crippen LogP contribution in [0.4, 0.5) is 0 Å². The number of hydrogen-bond acceptors (Lipinski definition) is 4. The fraction of sp³-hybridized carbons (Fsp3) is 0.263. The molecule has 5 nitrogen and oxygen atoms in total. The molecular formula is C19H21N3O2. The number of ether oxygens (including phenoxy) is 2. The van der Waals surface area contributed by atoms with Gasteiger partial charge in [-0.15, -0.1) is 0 Å². The number of rotatable bonds is 8. The maximum absolute atomic E-state index is 5.93. The van der Waals surface area contributed by atoms with Gasteiger partial charge >= 0.3 is 0 Å². The van der Waals surface area contributed by atoms with E-state index in [9.17, 15) is 0 Å². The van der Waals surface area contributed by atoms with Crippen molar-refractivity contribution in [1.82, 2.24) is 14.8 Å². The van der Waals surface area contributed by atoms with E-state index in [-0.39, 0.29) is 0 Å². The van der Waals surface area contributed by atoms with Crippen molar-refractivity contribution in [3.05, 3.63) is 66.7 Å². The van der Waals surface area contributed by atoms with E-state index in [2.05, 4.69) is 40.4 Å². The van der Waals surface area contributed by atoms with E-state index >= 15 is 0 Å². The van der Waals surface area contributed by atoms with Gasteiger partial charge in [-0.3, -0.25) is 0 Å². The van der Waals surface area contributed by atoms with Crippen molar-refractivity contribution in [2.75, 3.05) is 20.3 Å². The number of nitrogens with zero attached hydrogens (tertiary/aromatic N) is 3. The van der Waals surface area contributed by atoms with E-state index in [1.807, 2.05) is 22.9 Å². The smallest absolute Gasteiger partial charge is 0.137 e. The lowest BCUT2D eigenvalue weighted by Gasteiger charge is -2.12. The molecule has 0 radical (unpaired) electrons. The normalized spacial score (nSPS) is 10.7. The molecule has 0 bridgehead atoms. The molecule has 0 aliphatic heterocycles. The summed E-state index contributed by atoms with van der Waals surface area (Å²) in [5.74, 6) is 0.895. The lowest BCUT2D eigenvalue weighted by atomic mass is 10.0. The van der Waals surface area contributed by atoms with Gasteiger partial charge in [-0.2, -0.15) is 5.10 Å². The lowest BCUT2D eigenvalue weighted by Crippen LogP contribution is -2.02. The molecule has 0 saturated carbocycles. The predicted molar refractivity (Wildman–Crippen MR) is 93.0 cm³/mol. The first-order chi connectivity index (χ1) is 11.9. The highest BCUT2D eigenvalue weighted by molar-refractivity contribution is 5.70. The minimum Gasteiger partial charge on any atom is -0.493 e. The van der Waals surface area contributed by atoms with Crippen LogP contribution < -0.4 is 4.74 Å². The quantitative estimate of drug-likeness (QED) is 0.596. The third kappa shape index (κ3) is 4.20. The van der Waals surface area contributed by atoms with Crippen molar-refractivity contribution in [2.24, 2.45) is 0 Å². The topological polar surface area (TPSA) is 49.2 Å². The first kappa shape index (κ1) is 16.2. The number of hydrogen-bond donors (Lipinski definition) is 0. The van der Waals surface area contributed by atoms with E-state index < -0.39 is 0 Å². The number of para-hydroxylation sites is 1. The average Bonchev–Trinajstić information content (AvgIpc) is 3.12. The van der Waals surface area contributed by atoms with Crippen LogP contribution in [0.5, 0.6) is 5.75 Å². The molecule has 0 atom stereocenters. The zero-order valence-electron chi connectivity index (χ0n) is 13.8.